The second kappa shape index (κ2) is 1.23. The molecule has 1 saturated carbocycles. The highest BCUT2D eigenvalue weighted by Crippen LogP contribution is 2.50. The fourth-order valence-electron chi connectivity index (χ4n) is 0.761. The molecule has 1 fully saturated rings. The molecule has 0 N–H and O–H groups in total. The quantitative estimate of drug-likeness (QED) is 0.463. The summed E-state index contributed by atoms with van der Waals surface area (Å²) in [6.07, 6.45) is 0.764. The normalized spacial score (nSPS) is 30.1. The molecule has 0 aromatic heterocycles. The molecule has 0 radical (unpaired) electrons. The maximum atomic E-state index is 8.35. The molecule has 8 heavy (non-hydrogen) atoms. The number of nitrogens with zero attached hydrogens (tertiary/aromatic N) is 2. The Morgan fingerprint density at radius 1 is 1.50 bits per heavy atom. The Balaban J connectivity index is 2.74. The van der Waals surface area contributed by atoms with Gasteiger partial charge in [-0.25, -0.2) is 0 Å². The fraction of sp³-hybridized carbons (Fsp3) is 0.667. The molecule has 1 aliphatic carbocycles. The lowest BCUT2D eigenvalue weighted by molar-refractivity contribution is 0.776. The second-order valence-electron chi connectivity index (χ2n) is 2.30. The lowest BCUT2D eigenvalue weighted by Crippen LogP contribution is -1.91. The highest BCUT2D eigenvalue weighted by atomic mass is 14.6. The Bertz CT molecular complexity index is 168. The molecule has 1 rings (SSSR count). The van der Waals surface area contributed by atoms with Gasteiger partial charge in [-0.05, 0) is 12.3 Å². The first-order chi connectivity index (χ1) is 3.75. The van der Waals surface area contributed by atoms with Crippen LogP contribution in [-0.2, 0) is 0 Å². The summed E-state index contributed by atoms with van der Waals surface area (Å²) in [5, 5.41) is 16.7. The standard InChI is InChI=1S/C6H6N2/c1-5-2-6(5,3-7)4-8/h5H,2H2,1H3. The summed E-state index contributed by atoms with van der Waals surface area (Å²) >= 11 is 0. The molecule has 0 bridgehead atoms. The van der Waals surface area contributed by atoms with Crippen LogP contribution in [0.3, 0.4) is 0 Å². The summed E-state index contributed by atoms with van der Waals surface area (Å²) in [5.41, 5.74) is -0.597. The van der Waals surface area contributed by atoms with E-state index in [1.807, 2.05) is 19.1 Å². The van der Waals surface area contributed by atoms with Crippen molar-refractivity contribution >= 4 is 0 Å². The van der Waals surface area contributed by atoms with Crippen molar-refractivity contribution < 1.29 is 0 Å². The first kappa shape index (κ1) is 5.12. The van der Waals surface area contributed by atoms with Crippen LogP contribution in [0.4, 0.5) is 0 Å². The number of nitriles is 2. The molecule has 0 aromatic rings. The fourth-order valence-corrected chi connectivity index (χ4v) is 0.761. The highest BCUT2D eigenvalue weighted by Gasteiger charge is 2.52. The summed E-state index contributed by atoms with van der Waals surface area (Å²) in [6.45, 7) is 1.92. The second-order valence-corrected chi connectivity index (χ2v) is 2.30. The zero-order valence-corrected chi connectivity index (χ0v) is 4.68. The molecule has 0 aromatic carbocycles. The Morgan fingerprint density at radius 2 is 1.88 bits per heavy atom. The van der Waals surface area contributed by atoms with Crippen LogP contribution in [-0.4, -0.2) is 0 Å². The molecule has 0 heterocycles. The van der Waals surface area contributed by atoms with E-state index < -0.39 is 5.41 Å². The SMILES string of the molecule is CC1CC1(C#N)C#N. The van der Waals surface area contributed by atoms with E-state index in [2.05, 4.69) is 0 Å². The van der Waals surface area contributed by atoms with Gasteiger partial charge in [-0.1, -0.05) is 6.92 Å². The van der Waals surface area contributed by atoms with Gasteiger partial charge in [0.1, 0.15) is 5.41 Å². The van der Waals surface area contributed by atoms with E-state index in [0.29, 0.717) is 5.92 Å². The van der Waals surface area contributed by atoms with Crippen molar-refractivity contribution in [3.8, 4) is 12.1 Å². The maximum absolute atomic E-state index is 8.35. The van der Waals surface area contributed by atoms with Crippen molar-refractivity contribution in [3.05, 3.63) is 0 Å². The van der Waals surface area contributed by atoms with E-state index in [0.717, 1.165) is 6.42 Å². The van der Waals surface area contributed by atoms with Crippen molar-refractivity contribution in [1.29, 1.82) is 10.5 Å². The van der Waals surface area contributed by atoms with Crippen LogP contribution in [0.15, 0.2) is 0 Å². The third-order valence-electron chi connectivity index (χ3n) is 1.71. The lowest BCUT2D eigenvalue weighted by Gasteiger charge is -1.84. The van der Waals surface area contributed by atoms with E-state index in [1.165, 1.54) is 0 Å². The van der Waals surface area contributed by atoms with Crippen LogP contribution >= 0.6 is 0 Å². The molecule has 2 nitrogen and oxygen atoms in total. The van der Waals surface area contributed by atoms with Crippen molar-refractivity contribution in [2.24, 2.45) is 11.3 Å². The molecule has 40 valence electrons. The van der Waals surface area contributed by atoms with E-state index in [1.54, 1.807) is 0 Å². The molecular formula is C6H6N2. The minimum atomic E-state index is -0.597. The third kappa shape index (κ3) is 0.404. The number of rotatable bonds is 0. The van der Waals surface area contributed by atoms with E-state index in [4.69, 9.17) is 10.5 Å². The molecule has 2 heteroatoms. The van der Waals surface area contributed by atoms with Gasteiger partial charge in [-0.15, -0.1) is 0 Å². The summed E-state index contributed by atoms with van der Waals surface area (Å²) in [4.78, 5) is 0. The summed E-state index contributed by atoms with van der Waals surface area (Å²) < 4.78 is 0. The molecule has 0 amide bonds. The van der Waals surface area contributed by atoms with Crippen molar-refractivity contribution in [1.82, 2.24) is 0 Å². The molecule has 1 aliphatic rings. The monoisotopic (exact) mass is 106 g/mol. The van der Waals surface area contributed by atoms with Crippen LogP contribution in [0.25, 0.3) is 0 Å². The van der Waals surface area contributed by atoms with E-state index in [-0.39, 0.29) is 0 Å². The average Bonchev–Trinajstić information content (AvgIpc) is 2.43. The van der Waals surface area contributed by atoms with Gasteiger partial charge < -0.3 is 0 Å². The van der Waals surface area contributed by atoms with E-state index >= 15 is 0 Å². The topological polar surface area (TPSA) is 47.6 Å². The van der Waals surface area contributed by atoms with Crippen LogP contribution in [0, 0.1) is 34.0 Å². The number of hydrogen-bond donors (Lipinski definition) is 0. The predicted molar refractivity (Wildman–Crippen MR) is 27.4 cm³/mol. The van der Waals surface area contributed by atoms with Gasteiger partial charge in [0.25, 0.3) is 0 Å². The molecular weight excluding hydrogens is 100 g/mol. The molecule has 1 atom stereocenters. The molecule has 1 unspecified atom stereocenters. The first-order valence-electron chi connectivity index (χ1n) is 2.58. The van der Waals surface area contributed by atoms with Crippen LogP contribution in [0.1, 0.15) is 13.3 Å². The number of hydrogen-bond acceptors (Lipinski definition) is 2. The Kier molecular flexibility index (Phi) is 0.788. The van der Waals surface area contributed by atoms with E-state index in [9.17, 15) is 0 Å². The van der Waals surface area contributed by atoms with Gasteiger partial charge in [0.15, 0.2) is 0 Å². The van der Waals surface area contributed by atoms with Crippen LogP contribution < -0.4 is 0 Å². The summed E-state index contributed by atoms with van der Waals surface area (Å²) in [6, 6.07) is 3.98. The van der Waals surface area contributed by atoms with Crippen molar-refractivity contribution in [3.63, 3.8) is 0 Å². The highest BCUT2D eigenvalue weighted by molar-refractivity contribution is 5.26. The van der Waals surface area contributed by atoms with Gasteiger partial charge in [-0.3, -0.25) is 0 Å². The molecule has 0 aliphatic heterocycles. The van der Waals surface area contributed by atoms with Crippen LogP contribution in [0.5, 0.6) is 0 Å². The minimum Gasteiger partial charge on any atom is -0.197 e. The zero-order chi connectivity index (χ0) is 6.20. The zero-order valence-electron chi connectivity index (χ0n) is 4.68. The summed E-state index contributed by atoms with van der Waals surface area (Å²) in [5.74, 6) is 0.303. The molecule has 0 spiro atoms. The maximum Gasteiger partial charge on any atom is 0.146 e. The lowest BCUT2D eigenvalue weighted by atomic mass is 10.1. The Morgan fingerprint density at radius 3 is 1.88 bits per heavy atom. The van der Waals surface area contributed by atoms with Crippen molar-refractivity contribution in [2.75, 3.05) is 0 Å². The summed E-state index contributed by atoms with van der Waals surface area (Å²) in [7, 11) is 0. The smallest absolute Gasteiger partial charge is 0.146 e. The minimum absolute atomic E-state index is 0.303. The van der Waals surface area contributed by atoms with Crippen LogP contribution in [0.2, 0.25) is 0 Å². The Hall–Kier alpha value is -1.02. The van der Waals surface area contributed by atoms with Gasteiger partial charge in [-0.2, -0.15) is 10.5 Å². The average molecular weight is 106 g/mol. The van der Waals surface area contributed by atoms with Gasteiger partial charge in [0.05, 0.1) is 12.1 Å². The largest absolute Gasteiger partial charge is 0.197 e. The first-order valence-corrected chi connectivity index (χ1v) is 2.58. The molecule has 0 saturated heterocycles. The van der Waals surface area contributed by atoms with Gasteiger partial charge >= 0.3 is 0 Å². The Labute approximate surface area is 48.3 Å². The predicted octanol–water partition coefficient (Wildman–Crippen LogP) is 1.06. The van der Waals surface area contributed by atoms with Gasteiger partial charge in [0, 0.05) is 0 Å². The van der Waals surface area contributed by atoms with Crippen molar-refractivity contribution in [2.45, 2.75) is 13.3 Å². The van der Waals surface area contributed by atoms with Gasteiger partial charge in [0.2, 0.25) is 0 Å². The third-order valence-corrected chi connectivity index (χ3v) is 1.71.